The number of carbonyl (C=O) groups is 2. The molecule has 1 fully saturated rings. The van der Waals surface area contributed by atoms with Gasteiger partial charge in [0.25, 0.3) is 11.8 Å². The van der Waals surface area contributed by atoms with Crippen LogP contribution in [-0.2, 0) is 14.9 Å². The molecule has 15 heteroatoms. The van der Waals surface area contributed by atoms with Gasteiger partial charge in [-0.3, -0.25) is 4.79 Å². The van der Waals surface area contributed by atoms with E-state index in [0.717, 1.165) is 6.20 Å². The van der Waals surface area contributed by atoms with Crippen LogP contribution < -0.4 is 9.08 Å². The second-order valence-corrected chi connectivity index (χ2v) is 11.6. The summed E-state index contributed by atoms with van der Waals surface area (Å²) in [5.74, 6) is -1.81. The molecule has 2 aromatic rings. The van der Waals surface area contributed by atoms with E-state index in [2.05, 4.69) is 19.1 Å². The zero-order chi connectivity index (χ0) is 29.5. The number of hydrogen-bond acceptors (Lipinski definition) is 10. The topological polar surface area (TPSA) is 132 Å². The van der Waals surface area contributed by atoms with E-state index in [1.54, 1.807) is 38.7 Å². The van der Waals surface area contributed by atoms with Gasteiger partial charge in [0, 0.05) is 25.6 Å². The molecule has 0 aromatic carbocycles. The molecule has 3 heterocycles. The molecule has 0 aliphatic carbocycles. The normalized spacial score (nSPS) is 15.9. The average Bonchev–Trinajstić information content (AvgIpc) is 2.81. The Morgan fingerprint density at radius 3 is 2.28 bits per heavy atom. The minimum Gasteiger partial charge on any atom is -0.465 e. The second-order valence-electron chi connectivity index (χ2n) is 10.0. The molecule has 0 unspecified atom stereocenters. The molecule has 3 rings (SSSR count). The molecule has 0 radical (unpaired) electrons. The van der Waals surface area contributed by atoms with Crippen LogP contribution in [0.4, 0.5) is 19.0 Å². The van der Waals surface area contributed by atoms with Gasteiger partial charge in [-0.2, -0.15) is 21.6 Å². The zero-order valence-electron chi connectivity index (χ0n) is 22.6. The predicted octanol–water partition coefficient (Wildman–Crippen LogP) is 3.37. The van der Waals surface area contributed by atoms with Gasteiger partial charge in [0.15, 0.2) is 0 Å². The Hall–Kier alpha value is -3.49. The van der Waals surface area contributed by atoms with Gasteiger partial charge in [0.05, 0.1) is 30.1 Å². The molecule has 214 valence electrons. The van der Waals surface area contributed by atoms with E-state index in [0.29, 0.717) is 35.7 Å². The number of rotatable bonds is 6. The lowest BCUT2D eigenvalue weighted by Crippen LogP contribution is -2.61. The van der Waals surface area contributed by atoms with Crippen molar-refractivity contribution in [1.29, 1.82) is 0 Å². The number of piperazine rings is 1. The van der Waals surface area contributed by atoms with Crippen molar-refractivity contribution in [2.45, 2.75) is 58.5 Å². The van der Waals surface area contributed by atoms with Crippen molar-refractivity contribution < 1.29 is 40.1 Å². The Kier molecular flexibility index (Phi) is 8.16. The van der Waals surface area contributed by atoms with Gasteiger partial charge in [-0.05, 0) is 39.3 Å². The average molecular weight is 574 g/mol. The molecule has 0 saturated carbocycles. The SMILES string of the molecule is COC(=O)c1c(C)cc(N2CCN(C(=O)c3cnc(OS(=O)(=O)C(F)(F)F)c(C(C)C)n3)C(C)(C)C2)nc1C. The number of nitrogens with zero attached hydrogens (tertiary/aromatic N) is 5. The summed E-state index contributed by atoms with van der Waals surface area (Å²) >= 11 is 0. The molecular weight excluding hydrogens is 543 g/mol. The fourth-order valence-electron chi connectivity index (χ4n) is 4.34. The highest BCUT2D eigenvalue weighted by atomic mass is 32.2. The van der Waals surface area contributed by atoms with Crippen molar-refractivity contribution in [3.8, 4) is 5.88 Å². The highest BCUT2D eigenvalue weighted by Gasteiger charge is 2.49. The number of carbonyl (C=O) groups excluding carboxylic acids is 2. The third-order valence-electron chi connectivity index (χ3n) is 6.25. The van der Waals surface area contributed by atoms with Crippen molar-refractivity contribution in [3.63, 3.8) is 0 Å². The minimum atomic E-state index is -5.96. The number of ether oxygens (including phenoxy) is 1. The summed E-state index contributed by atoms with van der Waals surface area (Å²) in [6.45, 7) is 11.3. The molecule has 1 amide bonds. The quantitative estimate of drug-likeness (QED) is 0.288. The smallest absolute Gasteiger partial charge is 0.465 e. The first-order chi connectivity index (χ1) is 17.9. The van der Waals surface area contributed by atoms with Gasteiger partial charge in [0.2, 0.25) is 0 Å². The number of amides is 1. The predicted molar refractivity (Wildman–Crippen MR) is 134 cm³/mol. The number of halogens is 3. The van der Waals surface area contributed by atoms with Gasteiger partial charge < -0.3 is 18.7 Å². The van der Waals surface area contributed by atoms with Crippen molar-refractivity contribution in [3.05, 3.63) is 40.5 Å². The third-order valence-corrected chi connectivity index (χ3v) is 7.19. The van der Waals surface area contributed by atoms with Crippen LogP contribution >= 0.6 is 0 Å². The zero-order valence-corrected chi connectivity index (χ0v) is 23.4. The highest BCUT2D eigenvalue weighted by Crippen LogP contribution is 2.31. The number of pyridine rings is 1. The number of methoxy groups -OCH3 is 1. The number of alkyl halides is 3. The number of aromatic nitrogens is 3. The van der Waals surface area contributed by atoms with Crippen LogP contribution in [0.3, 0.4) is 0 Å². The lowest BCUT2D eigenvalue weighted by atomic mass is 9.97. The van der Waals surface area contributed by atoms with Gasteiger partial charge in [-0.1, -0.05) is 13.8 Å². The van der Waals surface area contributed by atoms with Crippen LogP contribution in [-0.4, -0.2) is 77.9 Å². The van der Waals surface area contributed by atoms with Crippen LogP contribution in [0.15, 0.2) is 12.3 Å². The number of hydrogen-bond donors (Lipinski definition) is 0. The van der Waals surface area contributed by atoms with Crippen LogP contribution in [0.5, 0.6) is 5.88 Å². The maximum Gasteiger partial charge on any atom is 0.534 e. The summed E-state index contributed by atoms with van der Waals surface area (Å²) in [6, 6.07) is 1.78. The van der Waals surface area contributed by atoms with E-state index >= 15 is 0 Å². The van der Waals surface area contributed by atoms with Crippen molar-refractivity contribution >= 4 is 27.8 Å². The summed E-state index contributed by atoms with van der Waals surface area (Å²) in [6.07, 6.45) is 0.901. The Labute approximate surface area is 224 Å². The molecular formula is C24H30F3N5O6S. The third kappa shape index (κ3) is 6.07. The molecule has 1 aliphatic heterocycles. The Bertz CT molecular complexity index is 1370. The first-order valence-corrected chi connectivity index (χ1v) is 13.3. The molecule has 0 bridgehead atoms. The maximum atomic E-state index is 13.4. The number of esters is 1. The summed E-state index contributed by atoms with van der Waals surface area (Å²) in [4.78, 5) is 41.5. The Balaban J connectivity index is 1.86. The van der Waals surface area contributed by atoms with E-state index in [4.69, 9.17) is 4.74 Å². The molecule has 39 heavy (non-hydrogen) atoms. The molecule has 1 saturated heterocycles. The van der Waals surface area contributed by atoms with E-state index in [1.165, 1.54) is 7.11 Å². The van der Waals surface area contributed by atoms with E-state index < -0.39 is 44.8 Å². The van der Waals surface area contributed by atoms with Gasteiger partial charge in [-0.25, -0.2) is 19.7 Å². The Morgan fingerprint density at radius 2 is 1.77 bits per heavy atom. The van der Waals surface area contributed by atoms with Crippen LogP contribution in [0.1, 0.15) is 71.4 Å². The Morgan fingerprint density at radius 1 is 1.13 bits per heavy atom. The summed E-state index contributed by atoms with van der Waals surface area (Å²) < 4.78 is 70.4. The second kappa shape index (κ2) is 10.6. The first-order valence-electron chi connectivity index (χ1n) is 11.9. The standard InChI is InChI=1S/C24H30F3N5O6S/c1-13(2)19-20(38-39(35,36)24(25,26)27)28-11-16(30-19)21(33)32-9-8-31(12-23(32,5)6)17-10-14(3)18(15(4)29-17)22(34)37-7/h10-11,13H,8-9,12H2,1-7H3. The summed E-state index contributed by atoms with van der Waals surface area (Å²) in [5, 5.41) is 0. The molecule has 11 nitrogen and oxygen atoms in total. The summed E-state index contributed by atoms with van der Waals surface area (Å²) in [5.41, 5.74) is -5.15. The van der Waals surface area contributed by atoms with Crippen molar-refractivity contribution in [2.75, 3.05) is 31.6 Å². The maximum absolute atomic E-state index is 13.4. The van der Waals surface area contributed by atoms with E-state index in [-0.39, 0.29) is 17.9 Å². The summed E-state index contributed by atoms with van der Waals surface area (Å²) in [7, 11) is -4.66. The number of aryl methyl sites for hydroxylation is 2. The van der Waals surface area contributed by atoms with E-state index in [9.17, 15) is 31.2 Å². The van der Waals surface area contributed by atoms with Crippen molar-refractivity contribution in [1.82, 2.24) is 19.9 Å². The molecule has 2 aromatic heterocycles. The highest BCUT2D eigenvalue weighted by molar-refractivity contribution is 7.87. The van der Waals surface area contributed by atoms with E-state index in [1.807, 2.05) is 18.7 Å². The fraction of sp³-hybridized carbons (Fsp3) is 0.542. The molecule has 0 N–H and O–H groups in total. The van der Waals surface area contributed by atoms with Crippen molar-refractivity contribution in [2.24, 2.45) is 0 Å². The van der Waals surface area contributed by atoms with Gasteiger partial charge in [-0.15, -0.1) is 0 Å². The minimum absolute atomic E-state index is 0.163. The molecule has 0 spiro atoms. The first kappa shape index (κ1) is 30.1. The fourth-order valence-corrected chi connectivity index (χ4v) is 4.77. The lowest BCUT2D eigenvalue weighted by molar-refractivity contribution is -0.0502. The number of anilines is 1. The van der Waals surface area contributed by atoms with Crippen LogP contribution in [0.25, 0.3) is 0 Å². The lowest BCUT2D eigenvalue weighted by Gasteiger charge is -2.47. The largest absolute Gasteiger partial charge is 0.534 e. The van der Waals surface area contributed by atoms with Gasteiger partial charge >= 0.3 is 21.6 Å². The van der Waals surface area contributed by atoms with Crippen LogP contribution in [0, 0.1) is 13.8 Å². The monoisotopic (exact) mass is 573 g/mol. The van der Waals surface area contributed by atoms with Crippen LogP contribution in [0.2, 0.25) is 0 Å². The molecule has 1 aliphatic rings. The molecule has 0 atom stereocenters. The van der Waals surface area contributed by atoms with Gasteiger partial charge in [0.1, 0.15) is 17.2 Å².